The molecule has 1 amide bonds. The standard InChI is InChI=1S/C33H37F6N3O6/c1-5-46-26(43)14-20-9-11-41(12-10-20)28-25(34)15-23-27(30(28)47-6-2)42(18-33(37,38)39)17-24(29(23)44)31(45)40-16-21-7-8-22(13-19(21)3)48-32(4,35)36/h7-8,13,15,17,20H,5-6,9-12,14,16,18H2,1-4H3,(H,40,45). The number of piperidine rings is 1. The first-order valence-electron chi connectivity index (χ1n) is 15.5. The number of aromatic nitrogens is 1. The molecule has 1 N–H and O–H groups in total. The van der Waals surface area contributed by atoms with E-state index in [0.29, 0.717) is 35.5 Å². The van der Waals surface area contributed by atoms with Crippen molar-refractivity contribution in [3.8, 4) is 11.5 Å². The van der Waals surface area contributed by atoms with Gasteiger partial charge in [-0.15, -0.1) is 0 Å². The van der Waals surface area contributed by atoms with Crippen LogP contribution in [0.1, 0.15) is 61.5 Å². The number of anilines is 1. The zero-order chi connectivity index (χ0) is 35.4. The molecule has 0 atom stereocenters. The Labute approximate surface area is 272 Å². The average Bonchev–Trinajstić information content (AvgIpc) is 2.97. The minimum Gasteiger partial charge on any atom is -0.489 e. The molecule has 15 heteroatoms. The second-order valence-electron chi connectivity index (χ2n) is 11.6. The molecule has 1 aliphatic heterocycles. The topological polar surface area (TPSA) is 99.1 Å². The van der Waals surface area contributed by atoms with E-state index in [9.17, 15) is 36.3 Å². The molecule has 0 bridgehead atoms. The Balaban J connectivity index is 1.70. The summed E-state index contributed by atoms with van der Waals surface area (Å²) in [4.78, 5) is 40.4. The van der Waals surface area contributed by atoms with Gasteiger partial charge in [0.15, 0.2) is 11.6 Å². The van der Waals surface area contributed by atoms with Gasteiger partial charge in [0.1, 0.15) is 23.5 Å². The summed E-state index contributed by atoms with van der Waals surface area (Å²) in [5.41, 5.74) is -1.18. The molecular weight excluding hydrogens is 648 g/mol. The van der Waals surface area contributed by atoms with Crippen molar-refractivity contribution in [1.82, 2.24) is 9.88 Å². The van der Waals surface area contributed by atoms with Gasteiger partial charge < -0.3 is 29.0 Å². The van der Waals surface area contributed by atoms with Gasteiger partial charge in [-0.05, 0) is 68.9 Å². The van der Waals surface area contributed by atoms with Crippen molar-refractivity contribution < 1.29 is 50.1 Å². The van der Waals surface area contributed by atoms with E-state index in [1.807, 2.05) is 0 Å². The van der Waals surface area contributed by atoms with Crippen LogP contribution in [-0.2, 0) is 22.6 Å². The van der Waals surface area contributed by atoms with Crippen LogP contribution in [0.15, 0.2) is 35.3 Å². The van der Waals surface area contributed by atoms with Gasteiger partial charge in [-0.3, -0.25) is 14.4 Å². The highest BCUT2D eigenvalue weighted by atomic mass is 19.4. The molecule has 0 saturated carbocycles. The third-order valence-electron chi connectivity index (χ3n) is 7.87. The van der Waals surface area contributed by atoms with Crippen LogP contribution in [0.5, 0.6) is 11.5 Å². The molecule has 0 radical (unpaired) electrons. The number of amides is 1. The van der Waals surface area contributed by atoms with Crippen molar-refractivity contribution in [2.45, 2.75) is 72.3 Å². The van der Waals surface area contributed by atoms with Gasteiger partial charge in [-0.1, -0.05) is 6.07 Å². The first-order valence-corrected chi connectivity index (χ1v) is 15.5. The lowest BCUT2D eigenvalue weighted by molar-refractivity contribution is -0.159. The number of carbonyl (C=O) groups is 2. The molecule has 1 fully saturated rings. The minimum absolute atomic E-state index is 0.0278. The number of pyridine rings is 1. The largest absolute Gasteiger partial charge is 0.489 e. The van der Waals surface area contributed by atoms with Crippen LogP contribution in [0.3, 0.4) is 0 Å². The fourth-order valence-corrected chi connectivity index (χ4v) is 5.77. The molecular formula is C33H37F6N3O6. The molecule has 48 heavy (non-hydrogen) atoms. The van der Waals surface area contributed by atoms with Crippen LogP contribution in [0, 0.1) is 18.7 Å². The van der Waals surface area contributed by atoms with Crippen LogP contribution in [0.25, 0.3) is 10.9 Å². The second-order valence-corrected chi connectivity index (χ2v) is 11.6. The Bertz CT molecular complexity index is 1710. The highest BCUT2D eigenvalue weighted by Crippen LogP contribution is 2.41. The number of ether oxygens (including phenoxy) is 3. The van der Waals surface area contributed by atoms with Crippen molar-refractivity contribution in [2.24, 2.45) is 5.92 Å². The third-order valence-corrected chi connectivity index (χ3v) is 7.87. The molecule has 0 unspecified atom stereocenters. The molecule has 3 aromatic rings. The SMILES string of the molecule is CCOC(=O)CC1CCN(c2c(F)cc3c(=O)c(C(=O)NCc4ccc(OC(C)(F)F)cc4C)cn(CC(F)(F)F)c3c2OCC)CC1. The number of rotatable bonds is 12. The van der Waals surface area contributed by atoms with Gasteiger partial charge in [-0.25, -0.2) is 4.39 Å². The normalized spacial score (nSPS) is 14.2. The van der Waals surface area contributed by atoms with Crippen LogP contribution in [0.4, 0.5) is 32.0 Å². The number of hydrogen-bond acceptors (Lipinski definition) is 7. The summed E-state index contributed by atoms with van der Waals surface area (Å²) in [6.07, 6.45) is -6.29. The Hall–Kier alpha value is -4.43. The van der Waals surface area contributed by atoms with Crippen molar-refractivity contribution in [3.63, 3.8) is 0 Å². The fraction of sp³-hybridized carbons (Fsp3) is 0.485. The molecule has 2 aromatic carbocycles. The van der Waals surface area contributed by atoms with E-state index < -0.39 is 46.9 Å². The van der Waals surface area contributed by atoms with Gasteiger partial charge in [0.25, 0.3) is 5.91 Å². The maximum absolute atomic E-state index is 15.9. The van der Waals surface area contributed by atoms with Crippen LogP contribution in [0.2, 0.25) is 0 Å². The number of alkyl halides is 5. The zero-order valence-electron chi connectivity index (χ0n) is 26.9. The van der Waals surface area contributed by atoms with E-state index in [-0.39, 0.29) is 73.9 Å². The molecule has 262 valence electrons. The van der Waals surface area contributed by atoms with Gasteiger partial charge in [0, 0.05) is 39.2 Å². The molecule has 1 aliphatic rings. The summed E-state index contributed by atoms with van der Waals surface area (Å²) < 4.78 is 100.0. The highest BCUT2D eigenvalue weighted by molar-refractivity contribution is 5.99. The Morgan fingerprint density at radius 1 is 1.04 bits per heavy atom. The number of aryl methyl sites for hydroxylation is 1. The van der Waals surface area contributed by atoms with Crippen molar-refractivity contribution >= 4 is 28.5 Å². The maximum atomic E-state index is 15.9. The number of fused-ring (bicyclic) bond motifs is 1. The summed E-state index contributed by atoms with van der Waals surface area (Å²) >= 11 is 0. The molecule has 1 aromatic heterocycles. The lowest BCUT2D eigenvalue weighted by atomic mass is 9.93. The number of nitrogens with zero attached hydrogens (tertiary/aromatic N) is 2. The van der Waals surface area contributed by atoms with E-state index in [1.54, 1.807) is 25.7 Å². The summed E-state index contributed by atoms with van der Waals surface area (Å²) in [5, 5.41) is 1.99. The van der Waals surface area contributed by atoms with Crippen LogP contribution >= 0.6 is 0 Å². The quantitative estimate of drug-likeness (QED) is 0.172. The molecule has 4 rings (SSSR count). The fourth-order valence-electron chi connectivity index (χ4n) is 5.77. The van der Waals surface area contributed by atoms with E-state index >= 15 is 4.39 Å². The Kier molecular flexibility index (Phi) is 11.2. The summed E-state index contributed by atoms with van der Waals surface area (Å²) in [7, 11) is 0. The number of carbonyl (C=O) groups excluding carboxylic acids is 2. The number of hydrogen-bond donors (Lipinski definition) is 1. The molecule has 0 spiro atoms. The third kappa shape index (κ3) is 8.92. The monoisotopic (exact) mass is 685 g/mol. The van der Waals surface area contributed by atoms with E-state index in [2.05, 4.69) is 10.1 Å². The van der Waals surface area contributed by atoms with Gasteiger partial charge in [-0.2, -0.15) is 22.0 Å². The first kappa shape index (κ1) is 36.4. The lowest BCUT2D eigenvalue weighted by Gasteiger charge is -2.35. The smallest absolute Gasteiger partial charge is 0.406 e. The Morgan fingerprint density at radius 3 is 2.31 bits per heavy atom. The van der Waals surface area contributed by atoms with E-state index in [1.165, 1.54) is 18.2 Å². The minimum atomic E-state index is -4.80. The van der Waals surface area contributed by atoms with Crippen LogP contribution < -0.4 is 25.1 Å². The number of esters is 1. The molecule has 1 saturated heterocycles. The number of nitrogens with one attached hydrogen (secondary N) is 1. The van der Waals surface area contributed by atoms with Gasteiger partial charge >= 0.3 is 18.3 Å². The number of benzene rings is 2. The molecule has 2 heterocycles. The van der Waals surface area contributed by atoms with Gasteiger partial charge in [0.2, 0.25) is 5.43 Å². The summed E-state index contributed by atoms with van der Waals surface area (Å²) in [5.74, 6) is -2.70. The highest BCUT2D eigenvalue weighted by Gasteiger charge is 2.33. The number of halogens is 6. The predicted molar refractivity (Wildman–Crippen MR) is 165 cm³/mol. The average molecular weight is 686 g/mol. The molecule has 0 aliphatic carbocycles. The van der Waals surface area contributed by atoms with Crippen molar-refractivity contribution in [1.29, 1.82) is 0 Å². The van der Waals surface area contributed by atoms with Gasteiger partial charge in [0.05, 0.1) is 24.1 Å². The molecule has 9 nitrogen and oxygen atoms in total. The summed E-state index contributed by atoms with van der Waals surface area (Å²) in [6.45, 7) is 4.32. The Morgan fingerprint density at radius 2 is 1.73 bits per heavy atom. The van der Waals surface area contributed by atoms with Crippen molar-refractivity contribution in [3.05, 3.63) is 63.2 Å². The lowest BCUT2D eigenvalue weighted by Crippen LogP contribution is -2.36. The zero-order valence-corrected chi connectivity index (χ0v) is 26.9. The maximum Gasteiger partial charge on any atom is 0.406 e. The van der Waals surface area contributed by atoms with Crippen molar-refractivity contribution in [2.75, 3.05) is 31.2 Å². The first-order chi connectivity index (χ1) is 22.5. The van der Waals surface area contributed by atoms with E-state index in [0.717, 1.165) is 12.3 Å². The summed E-state index contributed by atoms with van der Waals surface area (Å²) in [6, 6.07) is 4.82. The van der Waals surface area contributed by atoms with Crippen LogP contribution in [-0.4, -0.2) is 55.0 Å². The van der Waals surface area contributed by atoms with E-state index in [4.69, 9.17) is 9.47 Å². The predicted octanol–water partition coefficient (Wildman–Crippen LogP) is 6.50. The second kappa shape index (κ2) is 14.8.